The molecule has 0 radical (unpaired) electrons. The van der Waals surface area contributed by atoms with Crippen molar-refractivity contribution in [3.8, 4) is 6.07 Å². The van der Waals surface area contributed by atoms with Crippen molar-refractivity contribution in [1.29, 1.82) is 5.26 Å². The Labute approximate surface area is 89.7 Å². The first-order chi connectivity index (χ1) is 5.36. The van der Waals surface area contributed by atoms with Crippen LogP contribution in [-0.2, 0) is 6.54 Å². The van der Waals surface area contributed by atoms with Gasteiger partial charge in [0, 0.05) is 6.54 Å². The van der Waals surface area contributed by atoms with Gasteiger partial charge in [-0.05, 0) is 17.7 Å². The number of benzene rings is 1. The van der Waals surface area contributed by atoms with Crippen LogP contribution >= 0.6 is 24.8 Å². The average Bonchev–Trinajstić information content (AvgIpc) is 2.06. The van der Waals surface area contributed by atoms with E-state index in [1.165, 1.54) is 0 Å². The molecule has 0 spiro atoms. The Morgan fingerprint density at radius 1 is 1.38 bits per heavy atom. The van der Waals surface area contributed by atoms with Crippen LogP contribution in [0.25, 0.3) is 0 Å². The fourth-order valence-electron chi connectivity index (χ4n) is 0.869. The number of hydrazine groups is 1. The van der Waals surface area contributed by atoms with E-state index in [2.05, 4.69) is 11.5 Å². The zero-order valence-corrected chi connectivity index (χ0v) is 8.49. The van der Waals surface area contributed by atoms with Crippen LogP contribution in [0.2, 0.25) is 0 Å². The third-order valence-electron chi connectivity index (χ3n) is 1.36. The molecule has 1 aromatic rings. The molecule has 0 fully saturated rings. The first-order valence-corrected chi connectivity index (χ1v) is 3.29. The molecule has 13 heavy (non-hydrogen) atoms. The van der Waals surface area contributed by atoms with Gasteiger partial charge in [-0.15, -0.1) is 24.8 Å². The number of hydrogen-bond donors (Lipinski definition) is 2. The minimum absolute atomic E-state index is 0. The molecule has 0 saturated heterocycles. The summed E-state index contributed by atoms with van der Waals surface area (Å²) in [6.07, 6.45) is 0. The summed E-state index contributed by atoms with van der Waals surface area (Å²) < 4.78 is 0. The molecule has 5 heteroatoms. The van der Waals surface area contributed by atoms with E-state index >= 15 is 0 Å². The van der Waals surface area contributed by atoms with Crippen LogP contribution in [0.15, 0.2) is 24.3 Å². The van der Waals surface area contributed by atoms with Crippen LogP contribution in [-0.4, -0.2) is 0 Å². The van der Waals surface area contributed by atoms with Crippen LogP contribution in [0.5, 0.6) is 0 Å². The van der Waals surface area contributed by atoms with Gasteiger partial charge in [0.05, 0.1) is 11.6 Å². The predicted molar refractivity (Wildman–Crippen MR) is 56.7 cm³/mol. The highest BCUT2D eigenvalue weighted by molar-refractivity contribution is 5.85. The second kappa shape index (κ2) is 7.84. The molecule has 0 aliphatic rings. The van der Waals surface area contributed by atoms with E-state index in [1.54, 1.807) is 12.1 Å². The summed E-state index contributed by atoms with van der Waals surface area (Å²) in [5, 5.41) is 8.53. The van der Waals surface area contributed by atoms with Crippen molar-refractivity contribution >= 4 is 24.8 Å². The second-order valence-corrected chi connectivity index (χ2v) is 2.19. The fraction of sp³-hybridized carbons (Fsp3) is 0.125. The summed E-state index contributed by atoms with van der Waals surface area (Å²) in [5.41, 5.74) is 4.21. The monoisotopic (exact) mass is 219 g/mol. The van der Waals surface area contributed by atoms with Gasteiger partial charge < -0.3 is 0 Å². The lowest BCUT2D eigenvalue weighted by molar-refractivity contribution is 0.741. The van der Waals surface area contributed by atoms with E-state index in [9.17, 15) is 0 Å². The van der Waals surface area contributed by atoms with Crippen LogP contribution in [0.1, 0.15) is 11.1 Å². The zero-order chi connectivity index (χ0) is 8.10. The lowest BCUT2D eigenvalue weighted by Crippen LogP contribution is -2.20. The van der Waals surface area contributed by atoms with Gasteiger partial charge in [0.1, 0.15) is 0 Å². The highest BCUT2D eigenvalue weighted by Gasteiger charge is 1.91. The van der Waals surface area contributed by atoms with Crippen LogP contribution in [0, 0.1) is 11.3 Å². The molecule has 0 atom stereocenters. The third kappa shape index (κ3) is 4.71. The summed E-state index contributed by atoms with van der Waals surface area (Å²) in [6.45, 7) is 0.593. The maximum absolute atomic E-state index is 8.53. The van der Waals surface area contributed by atoms with Crippen LogP contribution < -0.4 is 11.3 Å². The Hall–Kier alpha value is -0.790. The van der Waals surface area contributed by atoms with Crippen LogP contribution in [0.3, 0.4) is 0 Å². The highest BCUT2D eigenvalue weighted by atomic mass is 35.5. The third-order valence-corrected chi connectivity index (χ3v) is 1.36. The van der Waals surface area contributed by atoms with Gasteiger partial charge in [-0.3, -0.25) is 11.3 Å². The van der Waals surface area contributed by atoms with Gasteiger partial charge in [-0.2, -0.15) is 5.26 Å². The Morgan fingerprint density at radius 3 is 2.62 bits per heavy atom. The number of rotatable bonds is 2. The van der Waals surface area contributed by atoms with Crippen molar-refractivity contribution in [1.82, 2.24) is 5.43 Å². The van der Waals surface area contributed by atoms with E-state index in [0.717, 1.165) is 5.56 Å². The van der Waals surface area contributed by atoms with E-state index < -0.39 is 0 Å². The minimum Gasteiger partial charge on any atom is -0.271 e. The number of nitrogens with one attached hydrogen (secondary N) is 1. The first-order valence-electron chi connectivity index (χ1n) is 3.29. The largest absolute Gasteiger partial charge is 0.271 e. The molecule has 3 nitrogen and oxygen atoms in total. The summed E-state index contributed by atoms with van der Waals surface area (Å²) in [6, 6.07) is 9.38. The Balaban J connectivity index is 0. The molecule has 0 aliphatic carbocycles. The fourth-order valence-corrected chi connectivity index (χ4v) is 0.869. The van der Waals surface area contributed by atoms with E-state index in [1.807, 2.05) is 12.1 Å². The van der Waals surface area contributed by atoms with E-state index in [0.29, 0.717) is 12.1 Å². The summed E-state index contributed by atoms with van der Waals surface area (Å²) in [5.74, 6) is 5.12. The minimum atomic E-state index is 0. The first kappa shape index (κ1) is 14.7. The van der Waals surface area contributed by atoms with Gasteiger partial charge in [0.2, 0.25) is 0 Å². The maximum atomic E-state index is 8.53. The molecule has 1 rings (SSSR count). The topological polar surface area (TPSA) is 61.8 Å². The summed E-state index contributed by atoms with van der Waals surface area (Å²) >= 11 is 0. The standard InChI is InChI=1S/C8H9N3.2ClH/c9-5-7-2-1-3-8(4-7)6-11-10;;/h1-4,11H,6,10H2;2*1H. The molecule has 0 heterocycles. The quantitative estimate of drug-likeness (QED) is 0.584. The Morgan fingerprint density at radius 2 is 2.08 bits per heavy atom. The summed E-state index contributed by atoms with van der Waals surface area (Å²) in [7, 11) is 0. The smallest absolute Gasteiger partial charge is 0.0991 e. The van der Waals surface area contributed by atoms with E-state index in [-0.39, 0.29) is 24.8 Å². The van der Waals surface area contributed by atoms with E-state index in [4.69, 9.17) is 11.1 Å². The van der Waals surface area contributed by atoms with Gasteiger partial charge in [-0.25, -0.2) is 0 Å². The highest BCUT2D eigenvalue weighted by Crippen LogP contribution is 2.02. The summed E-state index contributed by atoms with van der Waals surface area (Å²) in [4.78, 5) is 0. The predicted octanol–water partition coefficient (Wildman–Crippen LogP) is 1.37. The SMILES string of the molecule is Cl.Cl.N#Cc1cccc(CNN)c1. The maximum Gasteiger partial charge on any atom is 0.0991 e. The molecule has 0 bridgehead atoms. The van der Waals surface area contributed by atoms with Crippen molar-refractivity contribution in [2.24, 2.45) is 5.84 Å². The van der Waals surface area contributed by atoms with Crippen molar-refractivity contribution in [2.45, 2.75) is 6.54 Å². The van der Waals surface area contributed by atoms with Gasteiger partial charge in [-0.1, -0.05) is 12.1 Å². The number of hydrogen-bond acceptors (Lipinski definition) is 3. The average molecular weight is 220 g/mol. The Kier molecular flexibility index (Phi) is 8.87. The molecule has 72 valence electrons. The van der Waals surface area contributed by atoms with Crippen molar-refractivity contribution < 1.29 is 0 Å². The van der Waals surface area contributed by atoms with Crippen molar-refractivity contribution in [3.05, 3.63) is 35.4 Å². The molecule has 0 aliphatic heterocycles. The number of halogens is 2. The molecule has 1 aromatic carbocycles. The number of nitrogens with two attached hydrogens (primary N) is 1. The molecule has 0 amide bonds. The zero-order valence-electron chi connectivity index (χ0n) is 6.86. The molecule has 3 N–H and O–H groups in total. The molecular formula is C8H11Cl2N3. The number of nitrogens with zero attached hydrogens (tertiary/aromatic N) is 1. The number of nitriles is 1. The van der Waals surface area contributed by atoms with Crippen LogP contribution in [0.4, 0.5) is 0 Å². The molecule has 0 unspecified atom stereocenters. The van der Waals surface area contributed by atoms with Gasteiger partial charge >= 0.3 is 0 Å². The molecule has 0 aromatic heterocycles. The van der Waals surface area contributed by atoms with Gasteiger partial charge in [0.15, 0.2) is 0 Å². The lowest BCUT2D eigenvalue weighted by atomic mass is 10.1. The Bertz CT molecular complexity index is 283. The van der Waals surface area contributed by atoms with Crippen molar-refractivity contribution in [3.63, 3.8) is 0 Å². The van der Waals surface area contributed by atoms with Crippen molar-refractivity contribution in [2.75, 3.05) is 0 Å². The van der Waals surface area contributed by atoms with Gasteiger partial charge in [0.25, 0.3) is 0 Å². The normalized spacial score (nSPS) is 7.69. The lowest BCUT2D eigenvalue weighted by Gasteiger charge is -1.98. The molecular weight excluding hydrogens is 209 g/mol. The molecule has 0 saturated carbocycles. The second-order valence-electron chi connectivity index (χ2n) is 2.19.